The quantitative estimate of drug-likeness (QED) is 0.719. The molecule has 1 aromatic carbocycles. The molecule has 3 atom stereocenters. The van der Waals surface area contributed by atoms with Crippen molar-refractivity contribution in [2.75, 3.05) is 0 Å². The van der Waals surface area contributed by atoms with Gasteiger partial charge in [0.1, 0.15) is 28.4 Å². The topological polar surface area (TPSA) is 116 Å². The second-order valence-corrected chi connectivity index (χ2v) is 9.65. The molecule has 2 saturated heterocycles. The van der Waals surface area contributed by atoms with E-state index in [1.54, 1.807) is 45.0 Å². The Bertz CT molecular complexity index is 1040. The summed E-state index contributed by atoms with van der Waals surface area (Å²) in [5.41, 5.74) is 0.996. The number of thioether (sulfide) groups is 1. The molecule has 152 valence electrons. The van der Waals surface area contributed by atoms with Crippen LogP contribution in [0.15, 0.2) is 28.8 Å². The van der Waals surface area contributed by atoms with Crippen LogP contribution in [0.4, 0.5) is 0 Å². The zero-order chi connectivity index (χ0) is 21.1. The molecule has 0 spiro atoms. The third-order valence-electron chi connectivity index (χ3n) is 5.17. The fourth-order valence-corrected chi connectivity index (χ4v) is 5.66. The number of amides is 2. The number of carbonyl (C=O) groups is 3. The van der Waals surface area contributed by atoms with E-state index < -0.39 is 40.0 Å². The van der Waals surface area contributed by atoms with Crippen LogP contribution in [-0.2, 0) is 9.59 Å². The number of aryl methyl sites for hydroxylation is 1. The predicted molar refractivity (Wildman–Crippen MR) is 104 cm³/mol. The summed E-state index contributed by atoms with van der Waals surface area (Å²) in [5, 5.41) is 18.1. The molecule has 4 rings (SSSR count). The first kappa shape index (κ1) is 19.8. The number of carboxylic acids is 1. The lowest BCUT2D eigenvalue weighted by molar-refractivity contribution is -0.312. The molecule has 1 N–H and O–H groups in total. The molecule has 2 aliphatic heterocycles. The second-order valence-electron chi connectivity index (χ2n) is 7.47. The molecule has 0 aliphatic carbocycles. The normalized spacial score (nSPS) is 24.8. The molecule has 3 heterocycles. The minimum Gasteiger partial charge on any atom is -0.548 e. The number of β-lactam (4-membered cyclic amide) rings is 1. The number of halogens is 1. The van der Waals surface area contributed by atoms with Gasteiger partial charge in [-0.05, 0) is 26.8 Å². The molecular weight excluding hydrogens is 418 g/mol. The fourth-order valence-electron chi connectivity index (χ4n) is 3.82. The monoisotopic (exact) mass is 434 g/mol. The van der Waals surface area contributed by atoms with Crippen molar-refractivity contribution in [2.45, 2.75) is 43.0 Å². The number of carboxylic acid groups (broad SMARTS) is 1. The Kier molecular flexibility index (Phi) is 4.62. The van der Waals surface area contributed by atoms with Crippen LogP contribution in [0.3, 0.4) is 0 Å². The largest absolute Gasteiger partial charge is 0.548 e. The molecule has 0 radical (unpaired) electrons. The van der Waals surface area contributed by atoms with Crippen molar-refractivity contribution in [1.82, 2.24) is 15.4 Å². The van der Waals surface area contributed by atoms with Crippen LogP contribution in [0.1, 0.15) is 30.0 Å². The number of rotatable bonds is 4. The van der Waals surface area contributed by atoms with Crippen LogP contribution in [-0.4, -0.2) is 50.0 Å². The van der Waals surface area contributed by atoms with E-state index in [-0.39, 0.29) is 17.0 Å². The van der Waals surface area contributed by atoms with Crippen molar-refractivity contribution in [1.29, 1.82) is 0 Å². The highest BCUT2D eigenvalue weighted by Gasteiger charge is 2.62. The molecule has 2 aliphatic rings. The average Bonchev–Trinajstić information content (AvgIpc) is 3.15. The van der Waals surface area contributed by atoms with E-state index in [2.05, 4.69) is 10.5 Å². The number of nitrogens with one attached hydrogen (secondary N) is 1. The highest BCUT2D eigenvalue weighted by atomic mass is 35.5. The van der Waals surface area contributed by atoms with Gasteiger partial charge in [0.15, 0.2) is 0 Å². The van der Waals surface area contributed by atoms with Gasteiger partial charge in [0, 0.05) is 10.3 Å². The van der Waals surface area contributed by atoms with Crippen LogP contribution in [0, 0.1) is 6.92 Å². The summed E-state index contributed by atoms with van der Waals surface area (Å²) in [6.07, 6.45) is 0. The van der Waals surface area contributed by atoms with Crippen molar-refractivity contribution in [3.05, 3.63) is 40.6 Å². The SMILES string of the molecule is Cc1onc(-c2ccccc2Cl)c1C(=O)N[C@@H]1C(=O)N2[C@H]1SC(C)(C)[C@H]2C(=O)[O-]. The Morgan fingerprint density at radius 3 is 2.69 bits per heavy atom. The number of fused-ring (bicyclic) bond motifs is 1. The summed E-state index contributed by atoms with van der Waals surface area (Å²) in [6, 6.07) is 5.02. The zero-order valence-corrected chi connectivity index (χ0v) is 17.3. The molecule has 2 amide bonds. The number of aliphatic carboxylic acids is 1. The molecule has 0 saturated carbocycles. The molecule has 0 bridgehead atoms. The van der Waals surface area contributed by atoms with Gasteiger partial charge in [-0.2, -0.15) is 0 Å². The highest BCUT2D eigenvalue weighted by Crippen LogP contribution is 2.50. The Balaban J connectivity index is 1.60. The molecule has 10 heteroatoms. The Hall–Kier alpha value is -2.52. The molecule has 29 heavy (non-hydrogen) atoms. The molecule has 0 unspecified atom stereocenters. The number of hydrogen-bond acceptors (Lipinski definition) is 7. The first-order chi connectivity index (χ1) is 13.6. The lowest BCUT2D eigenvalue weighted by Crippen LogP contribution is -2.71. The van der Waals surface area contributed by atoms with Gasteiger partial charge in [-0.25, -0.2) is 0 Å². The second kappa shape index (κ2) is 6.77. The highest BCUT2D eigenvalue weighted by molar-refractivity contribution is 8.01. The van der Waals surface area contributed by atoms with Crippen molar-refractivity contribution in [3.8, 4) is 11.3 Å². The molecule has 8 nitrogen and oxygen atoms in total. The number of hydrogen-bond donors (Lipinski definition) is 1. The third kappa shape index (κ3) is 3.00. The van der Waals surface area contributed by atoms with E-state index in [1.165, 1.54) is 16.7 Å². The maximum absolute atomic E-state index is 13.0. The van der Waals surface area contributed by atoms with Crippen molar-refractivity contribution < 1.29 is 24.0 Å². The van der Waals surface area contributed by atoms with E-state index in [0.717, 1.165) is 0 Å². The van der Waals surface area contributed by atoms with Crippen LogP contribution in [0.2, 0.25) is 5.02 Å². The first-order valence-electron chi connectivity index (χ1n) is 8.86. The maximum Gasteiger partial charge on any atom is 0.257 e. The Morgan fingerprint density at radius 1 is 1.34 bits per heavy atom. The van der Waals surface area contributed by atoms with Crippen LogP contribution < -0.4 is 10.4 Å². The van der Waals surface area contributed by atoms with Crippen LogP contribution in [0.5, 0.6) is 0 Å². The number of carbonyl (C=O) groups excluding carboxylic acids is 3. The minimum absolute atomic E-state index is 0.183. The number of aromatic nitrogens is 1. The maximum atomic E-state index is 13.0. The third-order valence-corrected chi connectivity index (χ3v) is 7.07. The predicted octanol–water partition coefficient (Wildman–Crippen LogP) is 1.21. The van der Waals surface area contributed by atoms with Crippen LogP contribution in [0.25, 0.3) is 11.3 Å². The van der Waals surface area contributed by atoms with E-state index in [4.69, 9.17) is 16.1 Å². The molecule has 1 aromatic heterocycles. The summed E-state index contributed by atoms with van der Waals surface area (Å²) in [5.74, 6) is -2.01. The zero-order valence-electron chi connectivity index (χ0n) is 15.8. The van der Waals surface area contributed by atoms with Crippen molar-refractivity contribution in [3.63, 3.8) is 0 Å². The van der Waals surface area contributed by atoms with E-state index in [9.17, 15) is 19.5 Å². The number of nitrogens with zero attached hydrogens (tertiary/aromatic N) is 2. The van der Waals surface area contributed by atoms with E-state index >= 15 is 0 Å². The van der Waals surface area contributed by atoms with Gasteiger partial charge in [0.2, 0.25) is 5.91 Å². The first-order valence-corrected chi connectivity index (χ1v) is 10.1. The lowest BCUT2D eigenvalue weighted by Gasteiger charge is -2.45. The van der Waals surface area contributed by atoms with Crippen molar-refractivity contribution >= 4 is 41.1 Å². The van der Waals surface area contributed by atoms with Crippen LogP contribution >= 0.6 is 23.4 Å². The molecule has 2 fully saturated rings. The molecule has 2 aromatic rings. The Morgan fingerprint density at radius 2 is 2.03 bits per heavy atom. The molecular formula is C19H17ClN3O5S-. The van der Waals surface area contributed by atoms with Gasteiger partial charge < -0.3 is 24.6 Å². The van der Waals surface area contributed by atoms with E-state index in [1.807, 2.05) is 0 Å². The Labute approximate surface area is 175 Å². The lowest BCUT2D eigenvalue weighted by atomic mass is 9.95. The minimum atomic E-state index is -1.31. The van der Waals surface area contributed by atoms with Gasteiger partial charge in [0.05, 0.1) is 17.0 Å². The number of benzene rings is 1. The van der Waals surface area contributed by atoms with Gasteiger partial charge >= 0.3 is 0 Å². The summed E-state index contributed by atoms with van der Waals surface area (Å²) >= 11 is 7.54. The average molecular weight is 435 g/mol. The van der Waals surface area contributed by atoms with E-state index in [0.29, 0.717) is 10.6 Å². The van der Waals surface area contributed by atoms with Gasteiger partial charge in [-0.15, -0.1) is 11.8 Å². The van der Waals surface area contributed by atoms with Crippen molar-refractivity contribution in [2.24, 2.45) is 0 Å². The summed E-state index contributed by atoms with van der Waals surface area (Å²) in [7, 11) is 0. The summed E-state index contributed by atoms with van der Waals surface area (Å²) < 4.78 is 4.47. The summed E-state index contributed by atoms with van der Waals surface area (Å²) in [6.45, 7) is 5.07. The van der Waals surface area contributed by atoms with Gasteiger partial charge in [0.25, 0.3) is 5.91 Å². The fraction of sp³-hybridized carbons (Fsp3) is 0.368. The summed E-state index contributed by atoms with van der Waals surface area (Å²) in [4.78, 5) is 38.3. The smallest absolute Gasteiger partial charge is 0.257 e. The standard InChI is InChI=1S/C19H18ClN3O5S/c1-8-11(12(22-28-8)9-6-4-5-7-10(9)20)15(24)21-13-16(25)23-14(18(26)27)19(2,3)29-17(13)23/h4-7,13-14,17H,1-3H3,(H,21,24)(H,26,27)/p-1/t13-,14-,17+/m1/s1. The van der Waals surface area contributed by atoms with Gasteiger partial charge in [-0.1, -0.05) is 35.0 Å². The van der Waals surface area contributed by atoms with Gasteiger partial charge in [-0.3, -0.25) is 9.59 Å².